The maximum atomic E-state index is 12.4. The Bertz CT molecular complexity index is 930. The van der Waals surface area contributed by atoms with E-state index in [1.54, 1.807) is 42.3 Å². The molecule has 1 unspecified atom stereocenters. The van der Waals surface area contributed by atoms with Crippen molar-refractivity contribution in [2.75, 3.05) is 31.6 Å². The van der Waals surface area contributed by atoms with Crippen molar-refractivity contribution in [2.45, 2.75) is 12.8 Å². The van der Waals surface area contributed by atoms with Gasteiger partial charge in [-0.3, -0.25) is 14.4 Å². The number of nitrogens with one attached hydrogen (secondary N) is 2. The van der Waals surface area contributed by atoms with Crippen LogP contribution in [0.5, 0.6) is 11.5 Å². The van der Waals surface area contributed by atoms with Crippen LogP contribution in [0.25, 0.3) is 0 Å². The Hall–Kier alpha value is -3.55. The summed E-state index contributed by atoms with van der Waals surface area (Å²) in [6.45, 7) is 1.10. The molecule has 8 heteroatoms. The second-order valence-electron chi connectivity index (χ2n) is 7.06. The summed E-state index contributed by atoms with van der Waals surface area (Å²) in [6.07, 6.45) is 0.716. The SMILES string of the molecule is COc1cccc(N2CC(C(=O)NCCCNC(=O)c3cccc(O)c3)CC2=O)c1. The van der Waals surface area contributed by atoms with Gasteiger partial charge in [-0.2, -0.15) is 0 Å². The highest BCUT2D eigenvalue weighted by Gasteiger charge is 2.35. The minimum absolute atomic E-state index is 0.0315. The van der Waals surface area contributed by atoms with Crippen molar-refractivity contribution < 1.29 is 24.2 Å². The molecule has 0 radical (unpaired) electrons. The number of methoxy groups -OCH3 is 1. The Balaban J connectivity index is 1.41. The molecule has 158 valence electrons. The summed E-state index contributed by atoms with van der Waals surface area (Å²) >= 11 is 0. The van der Waals surface area contributed by atoms with E-state index in [0.29, 0.717) is 43.1 Å². The van der Waals surface area contributed by atoms with Crippen molar-refractivity contribution in [3.63, 3.8) is 0 Å². The molecule has 30 heavy (non-hydrogen) atoms. The summed E-state index contributed by atoms with van der Waals surface area (Å²) < 4.78 is 5.19. The zero-order valence-corrected chi connectivity index (χ0v) is 16.8. The number of phenolic OH excluding ortho intramolecular Hbond substituents is 1. The molecule has 0 bridgehead atoms. The number of hydrogen-bond donors (Lipinski definition) is 3. The number of hydrogen-bond acceptors (Lipinski definition) is 5. The van der Waals surface area contributed by atoms with Gasteiger partial charge in [0, 0.05) is 43.4 Å². The normalized spacial score (nSPS) is 15.7. The van der Waals surface area contributed by atoms with Gasteiger partial charge in [0.25, 0.3) is 5.91 Å². The second-order valence-corrected chi connectivity index (χ2v) is 7.06. The summed E-state index contributed by atoms with van der Waals surface area (Å²) in [5.74, 6) is -0.280. The van der Waals surface area contributed by atoms with Gasteiger partial charge in [0.1, 0.15) is 11.5 Å². The topological polar surface area (TPSA) is 108 Å². The second kappa shape index (κ2) is 9.78. The molecule has 3 rings (SSSR count). The van der Waals surface area contributed by atoms with Crippen LogP contribution in [0.15, 0.2) is 48.5 Å². The van der Waals surface area contributed by atoms with Crippen LogP contribution in [0.4, 0.5) is 5.69 Å². The smallest absolute Gasteiger partial charge is 0.251 e. The Kier molecular flexibility index (Phi) is 6.90. The fourth-order valence-corrected chi connectivity index (χ4v) is 3.31. The van der Waals surface area contributed by atoms with E-state index in [2.05, 4.69) is 10.6 Å². The Morgan fingerprint density at radius 3 is 2.67 bits per heavy atom. The van der Waals surface area contributed by atoms with Gasteiger partial charge >= 0.3 is 0 Å². The zero-order valence-electron chi connectivity index (χ0n) is 16.8. The van der Waals surface area contributed by atoms with Gasteiger partial charge in [0.2, 0.25) is 11.8 Å². The molecule has 0 saturated carbocycles. The predicted octanol–water partition coefficient (Wildman–Crippen LogP) is 1.69. The number of anilines is 1. The van der Waals surface area contributed by atoms with Crippen molar-refractivity contribution in [2.24, 2.45) is 5.92 Å². The first kappa shape index (κ1) is 21.2. The van der Waals surface area contributed by atoms with Gasteiger partial charge in [0.15, 0.2) is 0 Å². The number of amides is 3. The van der Waals surface area contributed by atoms with Crippen molar-refractivity contribution in [3.8, 4) is 11.5 Å². The highest BCUT2D eigenvalue weighted by atomic mass is 16.5. The van der Waals surface area contributed by atoms with Gasteiger partial charge in [-0.15, -0.1) is 0 Å². The monoisotopic (exact) mass is 411 g/mol. The van der Waals surface area contributed by atoms with Gasteiger partial charge in [0.05, 0.1) is 13.0 Å². The number of rotatable bonds is 8. The summed E-state index contributed by atoms with van der Waals surface area (Å²) in [6, 6.07) is 13.3. The van der Waals surface area contributed by atoms with Crippen LogP contribution in [-0.4, -0.2) is 49.6 Å². The summed E-state index contributed by atoms with van der Waals surface area (Å²) in [4.78, 5) is 38.3. The Morgan fingerprint density at radius 1 is 1.13 bits per heavy atom. The van der Waals surface area contributed by atoms with Crippen LogP contribution < -0.4 is 20.3 Å². The largest absolute Gasteiger partial charge is 0.508 e. The molecule has 1 atom stereocenters. The fourth-order valence-electron chi connectivity index (χ4n) is 3.31. The molecule has 1 aliphatic rings. The van der Waals surface area contributed by atoms with Gasteiger partial charge < -0.3 is 25.4 Å². The molecule has 2 aromatic carbocycles. The standard InChI is InChI=1S/C22H25N3O5/c1-30-19-8-3-6-17(13-19)25-14-16(12-20(25)27)22(29)24-10-4-9-23-21(28)15-5-2-7-18(26)11-15/h2-3,5-8,11,13,16,26H,4,9-10,12,14H2,1H3,(H,23,28)(H,24,29). The molecule has 3 N–H and O–H groups in total. The fraction of sp³-hybridized carbons (Fsp3) is 0.318. The maximum absolute atomic E-state index is 12.4. The number of carbonyl (C=O) groups is 3. The van der Waals surface area contributed by atoms with E-state index in [9.17, 15) is 19.5 Å². The number of aromatic hydroxyl groups is 1. The van der Waals surface area contributed by atoms with Crippen LogP contribution in [-0.2, 0) is 9.59 Å². The molecule has 0 aliphatic carbocycles. The lowest BCUT2D eigenvalue weighted by Gasteiger charge is -2.17. The van der Waals surface area contributed by atoms with Crippen LogP contribution in [0.3, 0.4) is 0 Å². The molecule has 3 amide bonds. The number of phenols is 1. The molecule has 1 heterocycles. The van der Waals surface area contributed by atoms with Crippen molar-refractivity contribution >= 4 is 23.4 Å². The average molecular weight is 411 g/mol. The summed E-state index contributed by atoms with van der Waals surface area (Å²) in [5, 5.41) is 15.0. The molecule has 0 spiro atoms. The van der Waals surface area contributed by atoms with E-state index < -0.39 is 5.92 Å². The Labute approximate surface area is 174 Å². The highest BCUT2D eigenvalue weighted by Crippen LogP contribution is 2.27. The third kappa shape index (κ3) is 5.28. The first-order chi connectivity index (χ1) is 14.5. The van der Waals surface area contributed by atoms with E-state index in [-0.39, 0.29) is 29.9 Å². The number of ether oxygens (including phenoxy) is 1. The van der Waals surface area contributed by atoms with E-state index in [1.165, 1.54) is 12.1 Å². The lowest BCUT2D eigenvalue weighted by atomic mass is 10.1. The predicted molar refractivity (Wildman–Crippen MR) is 112 cm³/mol. The average Bonchev–Trinajstić information content (AvgIpc) is 3.15. The third-order valence-electron chi connectivity index (χ3n) is 4.91. The van der Waals surface area contributed by atoms with Crippen molar-refractivity contribution in [3.05, 3.63) is 54.1 Å². The van der Waals surface area contributed by atoms with E-state index in [0.717, 1.165) is 0 Å². The molecule has 8 nitrogen and oxygen atoms in total. The van der Waals surface area contributed by atoms with Gasteiger partial charge in [-0.25, -0.2) is 0 Å². The van der Waals surface area contributed by atoms with Crippen LogP contribution in [0, 0.1) is 5.92 Å². The van der Waals surface area contributed by atoms with Crippen LogP contribution in [0.1, 0.15) is 23.2 Å². The first-order valence-corrected chi connectivity index (χ1v) is 9.77. The number of carbonyl (C=O) groups excluding carboxylic acids is 3. The van der Waals surface area contributed by atoms with Crippen molar-refractivity contribution in [1.29, 1.82) is 0 Å². The molecule has 0 aromatic heterocycles. The number of benzene rings is 2. The Morgan fingerprint density at radius 2 is 1.90 bits per heavy atom. The quantitative estimate of drug-likeness (QED) is 0.573. The molecule has 1 fully saturated rings. The molecule has 2 aromatic rings. The van der Waals surface area contributed by atoms with Gasteiger partial charge in [-0.05, 0) is 36.8 Å². The summed E-state index contributed by atoms with van der Waals surface area (Å²) in [5.41, 5.74) is 1.09. The van der Waals surface area contributed by atoms with E-state index in [1.807, 2.05) is 6.07 Å². The molecular weight excluding hydrogens is 386 g/mol. The minimum atomic E-state index is -0.411. The van der Waals surface area contributed by atoms with E-state index >= 15 is 0 Å². The third-order valence-corrected chi connectivity index (χ3v) is 4.91. The van der Waals surface area contributed by atoms with Crippen molar-refractivity contribution in [1.82, 2.24) is 10.6 Å². The number of nitrogens with zero attached hydrogens (tertiary/aromatic N) is 1. The molecule has 1 aliphatic heterocycles. The van der Waals surface area contributed by atoms with Crippen LogP contribution in [0.2, 0.25) is 0 Å². The minimum Gasteiger partial charge on any atom is -0.508 e. The first-order valence-electron chi connectivity index (χ1n) is 9.77. The summed E-state index contributed by atoms with van der Waals surface area (Å²) in [7, 11) is 1.56. The lowest BCUT2D eigenvalue weighted by Crippen LogP contribution is -2.35. The highest BCUT2D eigenvalue weighted by molar-refractivity contribution is 6.00. The molecule has 1 saturated heterocycles. The van der Waals surface area contributed by atoms with Crippen LogP contribution >= 0.6 is 0 Å². The zero-order chi connectivity index (χ0) is 21.5. The van der Waals surface area contributed by atoms with E-state index in [4.69, 9.17) is 4.74 Å². The maximum Gasteiger partial charge on any atom is 0.251 e. The molecular formula is C22H25N3O5. The van der Waals surface area contributed by atoms with Gasteiger partial charge in [-0.1, -0.05) is 12.1 Å². The lowest BCUT2D eigenvalue weighted by molar-refractivity contribution is -0.126.